The van der Waals surface area contributed by atoms with Crippen molar-refractivity contribution in [2.45, 2.75) is 44.6 Å². The van der Waals surface area contributed by atoms with Crippen molar-refractivity contribution in [3.63, 3.8) is 0 Å². The molecule has 4 heterocycles. The monoisotopic (exact) mass is 373 g/mol. The van der Waals surface area contributed by atoms with E-state index in [2.05, 4.69) is 26.8 Å². The maximum atomic E-state index is 13.1. The minimum absolute atomic E-state index is 0.0197. The molecule has 4 rings (SSSR count). The third kappa shape index (κ3) is 3.94. The molecule has 1 spiro atoms. The summed E-state index contributed by atoms with van der Waals surface area (Å²) in [4.78, 5) is 28.8. The Hall–Kier alpha value is -1.73. The Balaban J connectivity index is 1.44. The standard InChI is InChI=1S/C20H31N5O2/c1-16-17(15-21-19(22-16)25-12-10-23(2)11-13-25)18(26)24-8-3-5-20(7-9-24)6-4-14-27-20/h15H,3-14H2,1-2H3. The summed E-state index contributed by atoms with van der Waals surface area (Å²) in [6.07, 6.45) is 7.02. The van der Waals surface area contributed by atoms with Crippen LogP contribution in [0.3, 0.4) is 0 Å². The van der Waals surface area contributed by atoms with Gasteiger partial charge >= 0.3 is 0 Å². The van der Waals surface area contributed by atoms with Crippen LogP contribution >= 0.6 is 0 Å². The van der Waals surface area contributed by atoms with Gasteiger partial charge in [0.2, 0.25) is 5.95 Å². The molecule has 3 fully saturated rings. The van der Waals surface area contributed by atoms with Crippen LogP contribution in [0.25, 0.3) is 0 Å². The number of piperazine rings is 1. The molecule has 1 aromatic heterocycles. The highest BCUT2D eigenvalue weighted by Gasteiger charge is 2.37. The van der Waals surface area contributed by atoms with E-state index in [1.807, 2.05) is 11.8 Å². The molecule has 7 nitrogen and oxygen atoms in total. The third-order valence-electron chi connectivity index (χ3n) is 6.35. The van der Waals surface area contributed by atoms with E-state index in [0.717, 1.165) is 89.6 Å². The number of carbonyl (C=O) groups is 1. The van der Waals surface area contributed by atoms with Gasteiger partial charge in [-0.2, -0.15) is 0 Å². The average Bonchev–Trinajstić information content (AvgIpc) is 3.02. The Labute approximate surface area is 161 Å². The molecule has 0 aliphatic carbocycles. The third-order valence-corrected chi connectivity index (χ3v) is 6.35. The molecule has 1 atom stereocenters. The predicted octanol–water partition coefficient (Wildman–Crippen LogP) is 1.71. The summed E-state index contributed by atoms with van der Waals surface area (Å²) < 4.78 is 6.04. The maximum Gasteiger partial charge on any atom is 0.257 e. The molecule has 3 aliphatic heterocycles. The number of anilines is 1. The van der Waals surface area contributed by atoms with Crippen LogP contribution in [0.5, 0.6) is 0 Å². The number of carbonyl (C=O) groups excluding carboxylic acids is 1. The summed E-state index contributed by atoms with van der Waals surface area (Å²) in [7, 11) is 2.13. The van der Waals surface area contributed by atoms with Crippen molar-refractivity contribution in [3.8, 4) is 0 Å². The Morgan fingerprint density at radius 3 is 2.56 bits per heavy atom. The first-order valence-corrected chi connectivity index (χ1v) is 10.3. The number of likely N-dealkylation sites (N-methyl/N-ethyl adjacent to an activating group) is 1. The van der Waals surface area contributed by atoms with Gasteiger partial charge in [0.15, 0.2) is 0 Å². The molecule has 3 aliphatic rings. The largest absolute Gasteiger partial charge is 0.375 e. The van der Waals surface area contributed by atoms with Crippen LogP contribution in [-0.4, -0.2) is 84.2 Å². The Morgan fingerprint density at radius 2 is 1.85 bits per heavy atom. The van der Waals surface area contributed by atoms with E-state index in [-0.39, 0.29) is 11.5 Å². The van der Waals surface area contributed by atoms with Crippen molar-refractivity contribution in [1.29, 1.82) is 0 Å². The number of rotatable bonds is 2. The zero-order chi connectivity index (χ0) is 18.9. The van der Waals surface area contributed by atoms with Crippen LogP contribution < -0.4 is 4.90 Å². The molecule has 1 aromatic rings. The number of aryl methyl sites for hydroxylation is 1. The molecular formula is C20H31N5O2. The minimum Gasteiger partial charge on any atom is -0.375 e. The van der Waals surface area contributed by atoms with Crippen LogP contribution in [0.4, 0.5) is 5.95 Å². The molecule has 0 bridgehead atoms. The first-order chi connectivity index (χ1) is 13.1. The lowest BCUT2D eigenvalue weighted by atomic mass is 9.92. The van der Waals surface area contributed by atoms with Gasteiger partial charge in [-0.15, -0.1) is 0 Å². The van der Waals surface area contributed by atoms with Crippen LogP contribution in [0.15, 0.2) is 6.20 Å². The lowest BCUT2D eigenvalue weighted by molar-refractivity contribution is -0.00692. The first kappa shape index (κ1) is 18.6. The fourth-order valence-corrected chi connectivity index (χ4v) is 4.51. The number of nitrogens with zero attached hydrogens (tertiary/aromatic N) is 5. The molecule has 148 valence electrons. The van der Waals surface area contributed by atoms with Crippen molar-refractivity contribution >= 4 is 11.9 Å². The van der Waals surface area contributed by atoms with Gasteiger partial charge in [-0.3, -0.25) is 4.79 Å². The van der Waals surface area contributed by atoms with Crippen LogP contribution in [0.1, 0.15) is 48.2 Å². The number of aromatic nitrogens is 2. The Bertz CT molecular complexity index is 681. The molecule has 27 heavy (non-hydrogen) atoms. The SMILES string of the molecule is Cc1nc(N2CCN(C)CC2)ncc1C(=O)N1CCCC2(CCCO2)CC1. The van der Waals surface area contributed by atoms with Gasteiger partial charge in [0.05, 0.1) is 16.9 Å². The summed E-state index contributed by atoms with van der Waals surface area (Å²) in [6.45, 7) is 8.24. The van der Waals surface area contributed by atoms with Gasteiger partial charge < -0.3 is 19.4 Å². The fraction of sp³-hybridized carbons (Fsp3) is 0.750. The van der Waals surface area contributed by atoms with E-state index in [1.54, 1.807) is 6.20 Å². The van der Waals surface area contributed by atoms with E-state index >= 15 is 0 Å². The number of ether oxygens (including phenoxy) is 1. The minimum atomic E-state index is 0.0197. The van der Waals surface area contributed by atoms with E-state index in [9.17, 15) is 4.79 Å². The zero-order valence-electron chi connectivity index (χ0n) is 16.6. The fourth-order valence-electron chi connectivity index (χ4n) is 4.51. The van der Waals surface area contributed by atoms with Gasteiger partial charge in [-0.1, -0.05) is 0 Å². The van der Waals surface area contributed by atoms with Crippen LogP contribution in [-0.2, 0) is 4.74 Å². The average molecular weight is 374 g/mol. The number of amides is 1. The van der Waals surface area contributed by atoms with Crippen molar-refractivity contribution in [2.24, 2.45) is 0 Å². The topological polar surface area (TPSA) is 61.8 Å². The molecule has 3 saturated heterocycles. The molecule has 0 saturated carbocycles. The second kappa shape index (κ2) is 7.72. The van der Waals surface area contributed by atoms with Gasteiger partial charge in [0.1, 0.15) is 0 Å². The van der Waals surface area contributed by atoms with E-state index in [0.29, 0.717) is 5.56 Å². The second-order valence-electron chi connectivity index (χ2n) is 8.24. The molecule has 0 N–H and O–H groups in total. The smallest absolute Gasteiger partial charge is 0.257 e. The molecule has 0 aromatic carbocycles. The second-order valence-corrected chi connectivity index (χ2v) is 8.24. The summed E-state index contributed by atoms with van der Waals surface area (Å²) in [6, 6.07) is 0. The highest BCUT2D eigenvalue weighted by Crippen LogP contribution is 2.35. The first-order valence-electron chi connectivity index (χ1n) is 10.3. The molecule has 1 amide bonds. The lowest BCUT2D eigenvalue weighted by Crippen LogP contribution is -2.45. The van der Waals surface area contributed by atoms with Crippen LogP contribution in [0, 0.1) is 6.92 Å². The normalized spacial score (nSPS) is 27.2. The van der Waals surface area contributed by atoms with Gasteiger partial charge in [0.25, 0.3) is 5.91 Å². The van der Waals surface area contributed by atoms with Crippen molar-refractivity contribution < 1.29 is 9.53 Å². The number of likely N-dealkylation sites (tertiary alicyclic amines) is 1. The highest BCUT2D eigenvalue weighted by molar-refractivity contribution is 5.95. The lowest BCUT2D eigenvalue weighted by Gasteiger charge is -2.32. The quantitative estimate of drug-likeness (QED) is 0.787. The molecular weight excluding hydrogens is 342 g/mol. The molecule has 0 radical (unpaired) electrons. The molecule has 7 heteroatoms. The number of hydrogen-bond acceptors (Lipinski definition) is 6. The Morgan fingerprint density at radius 1 is 1.07 bits per heavy atom. The van der Waals surface area contributed by atoms with Gasteiger partial charge in [-0.25, -0.2) is 9.97 Å². The maximum absolute atomic E-state index is 13.1. The van der Waals surface area contributed by atoms with Crippen molar-refractivity contribution in [3.05, 3.63) is 17.5 Å². The van der Waals surface area contributed by atoms with E-state index < -0.39 is 0 Å². The summed E-state index contributed by atoms with van der Waals surface area (Å²) >= 11 is 0. The van der Waals surface area contributed by atoms with Crippen molar-refractivity contribution in [2.75, 3.05) is 57.8 Å². The van der Waals surface area contributed by atoms with Crippen LogP contribution in [0.2, 0.25) is 0 Å². The highest BCUT2D eigenvalue weighted by atomic mass is 16.5. The number of hydrogen-bond donors (Lipinski definition) is 0. The summed E-state index contributed by atoms with van der Waals surface area (Å²) in [5, 5.41) is 0. The molecule has 1 unspecified atom stereocenters. The summed E-state index contributed by atoms with van der Waals surface area (Å²) in [5.41, 5.74) is 1.43. The van der Waals surface area contributed by atoms with Crippen molar-refractivity contribution in [1.82, 2.24) is 19.8 Å². The zero-order valence-corrected chi connectivity index (χ0v) is 16.6. The predicted molar refractivity (Wildman–Crippen MR) is 104 cm³/mol. The Kier molecular flexibility index (Phi) is 5.32. The summed E-state index contributed by atoms with van der Waals surface area (Å²) in [5.74, 6) is 0.804. The van der Waals surface area contributed by atoms with E-state index in [4.69, 9.17) is 4.74 Å². The van der Waals surface area contributed by atoms with E-state index in [1.165, 1.54) is 0 Å². The van der Waals surface area contributed by atoms with Gasteiger partial charge in [-0.05, 0) is 46.1 Å². The van der Waals surface area contributed by atoms with Gasteiger partial charge in [0, 0.05) is 52.1 Å².